The molecule has 1 N–H and O–H groups in total. The fraction of sp³-hybridized carbons (Fsp3) is 0.263. The van der Waals surface area contributed by atoms with Crippen molar-refractivity contribution in [2.45, 2.75) is 27.3 Å². The van der Waals surface area contributed by atoms with E-state index in [1.807, 2.05) is 56.3 Å². The fourth-order valence-electron chi connectivity index (χ4n) is 2.51. The number of nitrogens with one attached hydrogen (secondary N) is 1. The normalized spacial score (nSPS) is 10.3. The first-order valence-electron chi connectivity index (χ1n) is 7.73. The Bertz CT molecular complexity index is 759. The zero-order chi connectivity index (χ0) is 17.7. The van der Waals surface area contributed by atoms with E-state index < -0.39 is 0 Å². The molecule has 0 saturated carbocycles. The highest BCUT2D eigenvalue weighted by atomic mass is 79.9. The fourth-order valence-corrected chi connectivity index (χ4v) is 2.99. The van der Waals surface area contributed by atoms with E-state index >= 15 is 0 Å². The van der Waals surface area contributed by atoms with Crippen molar-refractivity contribution >= 4 is 33.4 Å². The largest absolute Gasteiger partial charge is 0.350 e. The molecule has 0 aliphatic rings. The Morgan fingerprint density at radius 3 is 2.50 bits per heavy atom. The topological polar surface area (TPSA) is 49.4 Å². The number of aryl methyl sites for hydroxylation is 2. The van der Waals surface area contributed by atoms with E-state index in [1.165, 1.54) is 11.8 Å². The quantitative estimate of drug-likeness (QED) is 0.847. The number of nitrogens with zero attached hydrogens (tertiary/aromatic N) is 1. The lowest BCUT2D eigenvalue weighted by atomic mass is 10.1. The van der Waals surface area contributed by atoms with Crippen LogP contribution >= 0.6 is 15.9 Å². The summed E-state index contributed by atoms with van der Waals surface area (Å²) in [4.78, 5) is 25.7. The Kier molecular flexibility index (Phi) is 6.15. The van der Waals surface area contributed by atoms with Crippen LogP contribution in [0.1, 0.15) is 23.6 Å². The summed E-state index contributed by atoms with van der Waals surface area (Å²) in [5.74, 6) is -0.347. The smallest absolute Gasteiger partial charge is 0.240 e. The third-order valence-electron chi connectivity index (χ3n) is 3.70. The highest BCUT2D eigenvalue weighted by Crippen LogP contribution is 2.24. The number of hydrogen-bond donors (Lipinski definition) is 1. The van der Waals surface area contributed by atoms with Gasteiger partial charge in [0.05, 0.1) is 0 Å². The van der Waals surface area contributed by atoms with Crippen molar-refractivity contribution in [1.82, 2.24) is 5.32 Å². The lowest BCUT2D eigenvalue weighted by Crippen LogP contribution is -2.40. The molecule has 24 heavy (non-hydrogen) atoms. The van der Waals surface area contributed by atoms with Gasteiger partial charge in [-0.15, -0.1) is 0 Å². The van der Waals surface area contributed by atoms with Crippen LogP contribution in [-0.2, 0) is 16.1 Å². The average Bonchev–Trinajstić information content (AvgIpc) is 2.51. The minimum Gasteiger partial charge on any atom is -0.350 e. The standard InChI is InChI=1S/C19H21BrN2O2/c1-13-5-4-6-16(9-13)11-21-19(24)12-22(15(3)23)18-8-7-17(20)10-14(18)2/h4-10H,11-12H2,1-3H3,(H,21,24). The number of rotatable bonds is 5. The molecule has 0 spiro atoms. The van der Waals surface area contributed by atoms with Gasteiger partial charge in [-0.05, 0) is 43.2 Å². The SMILES string of the molecule is CC(=O)N(CC(=O)NCc1cccc(C)c1)c1ccc(Br)cc1C. The van der Waals surface area contributed by atoms with Crippen LogP contribution in [0.3, 0.4) is 0 Å². The number of halogens is 1. The third kappa shape index (κ3) is 4.93. The summed E-state index contributed by atoms with van der Waals surface area (Å²) >= 11 is 3.41. The molecule has 2 amide bonds. The van der Waals surface area contributed by atoms with Crippen molar-refractivity contribution in [2.75, 3.05) is 11.4 Å². The maximum atomic E-state index is 12.3. The number of carbonyl (C=O) groups excluding carboxylic acids is 2. The summed E-state index contributed by atoms with van der Waals surface area (Å²) in [6.45, 7) is 5.85. The summed E-state index contributed by atoms with van der Waals surface area (Å²) in [7, 11) is 0. The molecule has 0 bridgehead atoms. The Morgan fingerprint density at radius 1 is 1.12 bits per heavy atom. The zero-order valence-corrected chi connectivity index (χ0v) is 15.7. The van der Waals surface area contributed by atoms with Crippen molar-refractivity contribution < 1.29 is 9.59 Å². The molecule has 0 fully saturated rings. The first-order chi connectivity index (χ1) is 11.4. The zero-order valence-electron chi connectivity index (χ0n) is 14.1. The van der Waals surface area contributed by atoms with Gasteiger partial charge in [0.1, 0.15) is 6.54 Å². The number of anilines is 1. The molecule has 0 aromatic heterocycles. The van der Waals surface area contributed by atoms with Crippen LogP contribution in [-0.4, -0.2) is 18.4 Å². The number of hydrogen-bond acceptors (Lipinski definition) is 2. The maximum Gasteiger partial charge on any atom is 0.240 e. The summed E-state index contributed by atoms with van der Waals surface area (Å²) in [6, 6.07) is 13.6. The van der Waals surface area contributed by atoms with E-state index in [0.29, 0.717) is 6.54 Å². The van der Waals surface area contributed by atoms with Gasteiger partial charge in [-0.2, -0.15) is 0 Å². The van der Waals surface area contributed by atoms with E-state index in [2.05, 4.69) is 21.2 Å². The summed E-state index contributed by atoms with van der Waals surface area (Å²) in [5, 5.41) is 2.87. The lowest BCUT2D eigenvalue weighted by molar-refractivity contribution is -0.123. The number of carbonyl (C=O) groups is 2. The van der Waals surface area contributed by atoms with Crippen molar-refractivity contribution in [1.29, 1.82) is 0 Å². The molecule has 2 aromatic rings. The van der Waals surface area contributed by atoms with Gasteiger partial charge in [0, 0.05) is 23.6 Å². The Balaban J connectivity index is 2.05. The van der Waals surface area contributed by atoms with E-state index in [-0.39, 0.29) is 18.4 Å². The van der Waals surface area contributed by atoms with Crippen LogP contribution in [0, 0.1) is 13.8 Å². The first kappa shape index (κ1) is 18.2. The monoisotopic (exact) mass is 388 g/mol. The molecular weight excluding hydrogens is 368 g/mol. The average molecular weight is 389 g/mol. The predicted octanol–water partition coefficient (Wildman–Crippen LogP) is 3.74. The summed E-state index contributed by atoms with van der Waals surface area (Å²) in [6.07, 6.45) is 0. The number of amides is 2. The second-order valence-corrected chi connectivity index (χ2v) is 6.72. The van der Waals surface area contributed by atoms with E-state index in [9.17, 15) is 9.59 Å². The minimum absolute atomic E-state index is 0.00359. The van der Waals surface area contributed by atoms with E-state index in [4.69, 9.17) is 0 Å². The van der Waals surface area contributed by atoms with Crippen molar-refractivity contribution in [2.24, 2.45) is 0 Å². The van der Waals surface area contributed by atoms with Crippen LogP contribution in [0.4, 0.5) is 5.69 Å². The van der Waals surface area contributed by atoms with Crippen molar-refractivity contribution in [3.05, 3.63) is 63.6 Å². The van der Waals surface area contributed by atoms with Crippen LogP contribution < -0.4 is 10.2 Å². The molecule has 0 radical (unpaired) electrons. The molecule has 2 aromatic carbocycles. The molecule has 0 atom stereocenters. The maximum absolute atomic E-state index is 12.3. The molecule has 0 saturated heterocycles. The number of benzene rings is 2. The van der Waals surface area contributed by atoms with E-state index in [1.54, 1.807) is 0 Å². The van der Waals surface area contributed by atoms with Gasteiger partial charge >= 0.3 is 0 Å². The molecule has 2 rings (SSSR count). The first-order valence-corrected chi connectivity index (χ1v) is 8.52. The van der Waals surface area contributed by atoms with Gasteiger partial charge in [-0.25, -0.2) is 0 Å². The van der Waals surface area contributed by atoms with Gasteiger partial charge in [0.25, 0.3) is 0 Å². The molecule has 0 aliphatic carbocycles. The Hall–Kier alpha value is -2.14. The van der Waals surface area contributed by atoms with Crippen LogP contribution in [0.25, 0.3) is 0 Å². The third-order valence-corrected chi connectivity index (χ3v) is 4.20. The molecule has 0 heterocycles. The van der Waals surface area contributed by atoms with Gasteiger partial charge in [0.15, 0.2) is 0 Å². The molecule has 4 nitrogen and oxygen atoms in total. The van der Waals surface area contributed by atoms with Gasteiger partial charge < -0.3 is 10.2 Å². The van der Waals surface area contributed by atoms with Crippen LogP contribution in [0.2, 0.25) is 0 Å². The second-order valence-electron chi connectivity index (χ2n) is 5.80. The van der Waals surface area contributed by atoms with Crippen molar-refractivity contribution in [3.8, 4) is 0 Å². The molecule has 0 unspecified atom stereocenters. The van der Waals surface area contributed by atoms with Crippen LogP contribution in [0.5, 0.6) is 0 Å². The predicted molar refractivity (Wildman–Crippen MR) is 99.9 cm³/mol. The molecule has 0 aliphatic heterocycles. The summed E-state index contributed by atoms with van der Waals surface area (Å²) in [5.41, 5.74) is 3.87. The molecule has 126 valence electrons. The highest BCUT2D eigenvalue weighted by Gasteiger charge is 2.17. The second kappa shape index (κ2) is 8.11. The highest BCUT2D eigenvalue weighted by molar-refractivity contribution is 9.10. The van der Waals surface area contributed by atoms with Gasteiger partial charge in [-0.1, -0.05) is 45.8 Å². The molecule has 5 heteroatoms. The Labute approximate surface area is 151 Å². The Morgan fingerprint density at radius 2 is 1.88 bits per heavy atom. The van der Waals surface area contributed by atoms with E-state index in [0.717, 1.165) is 26.9 Å². The van der Waals surface area contributed by atoms with Gasteiger partial charge in [-0.3, -0.25) is 9.59 Å². The van der Waals surface area contributed by atoms with Gasteiger partial charge in [0.2, 0.25) is 11.8 Å². The molecular formula is C19H21BrN2O2. The lowest BCUT2D eigenvalue weighted by Gasteiger charge is -2.22. The van der Waals surface area contributed by atoms with Crippen LogP contribution in [0.15, 0.2) is 46.9 Å². The minimum atomic E-state index is -0.186. The van der Waals surface area contributed by atoms with Crippen molar-refractivity contribution in [3.63, 3.8) is 0 Å². The summed E-state index contributed by atoms with van der Waals surface area (Å²) < 4.78 is 0.941.